The van der Waals surface area contributed by atoms with E-state index in [4.69, 9.17) is 5.73 Å². The first-order valence-corrected chi connectivity index (χ1v) is 8.46. The zero-order valence-corrected chi connectivity index (χ0v) is 13.1. The van der Waals surface area contributed by atoms with Crippen LogP contribution in [-0.4, -0.2) is 23.8 Å². The van der Waals surface area contributed by atoms with Gasteiger partial charge < -0.3 is 15.7 Å². The number of nitrogens with two attached hydrogens (primary N) is 1. The van der Waals surface area contributed by atoms with Gasteiger partial charge in [0.2, 0.25) is 0 Å². The predicted octanol–water partition coefficient (Wildman–Crippen LogP) is 3.23. The molecule has 1 aliphatic carbocycles. The molecule has 3 atom stereocenters. The van der Waals surface area contributed by atoms with Crippen LogP contribution in [0.4, 0.5) is 5.69 Å². The number of rotatable bonds is 3. The van der Waals surface area contributed by atoms with Crippen LogP contribution in [0.5, 0.6) is 0 Å². The Kier molecular flexibility index (Phi) is 4.23. The van der Waals surface area contributed by atoms with Gasteiger partial charge in [0.15, 0.2) is 0 Å². The number of para-hydroxylation sites is 1. The largest absolute Gasteiger partial charge is 0.389 e. The summed E-state index contributed by atoms with van der Waals surface area (Å²) in [5.74, 6) is 0.422. The summed E-state index contributed by atoms with van der Waals surface area (Å²) < 4.78 is 0. The molecule has 1 aliphatic heterocycles. The highest BCUT2D eigenvalue weighted by molar-refractivity contribution is 5.55. The van der Waals surface area contributed by atoms with Crippen LogP contribution >= 0.6 is 0 Å². The fourth-order valence-corrected chi connectivity index (χ4v) is 4.10. The van der Waals surface area contributed by atoms with Gasteiger partial charge in [-0.15, -0.1) is 0 Å². The first-order chi connectivity index (χ1) is 10.1. The normalized spacial score (nSPS) is 30.8. The topological polar surface area (TPSA) is 49.5 Å². The van der Waals surface area contributed by atoms with Crippen LogP contribution in [0, 0.1) is 5.92 Å². The van der Waals surface area contributed by atoms with Gasteiger partial charge in [0.05, 0.1) is 5.60 Å². The second kappa shape index (κ2) is 5.98. The number of fused-ring (bicyclic) bond motifs is 1. The van der Waals surface area contributed by atoms with E-state index >= 15 is 0 Å². The van der Waals surface area contributed by atoms with E-state index in [0.717, 1.165) is 38.8 Å². The molecule has 0 amide bonds. The maximum atomic E-state index is 10.8. The van der Waals surface area contributed by atoms with E-state index in [0.29, 0.717) is 5.92 Å². The fourth-order valence-electron chi connectivity index (χ4n) is 4.10. The van der Waals surface area contributed by atoms with Crippen molar-refractivity contribution in [3.8, 4) is 0 Å². The number of piperidine rings is 1. The highest BCUT2D eigenvalue weighted by Gasteiger charge is 2.43. The van der Waals surface area contributed by atoms with Gasteiger partial charge in [-0.1, -0.05) is 38.0 Å². The summed E-state index contributed by atoms with van der Waals surface area (Å²) in [6.45, 7) is 4.06. The van der Waals surface area contributed by atoms with Crippen molar-refractivity contribution in [1.82, 2.24) is 0 Å². The van der Waals surface area contributed by atoms with Crippen LogP contribution in [0.15, 0.2) is 24.3 Å². The third-order valence-corrected chi connectivity index (χ3v) is 5.54. The molecule has 1 aromatic rings. The molecule has 116 valence electrons. The van der Waals surface area contributed by atoms with Crippen LogP contribution in [0.3, 0.4) is 0 Å². The number of hydrogen-bond donors (Lipinski definition) is 2. The van der Waals surface area contributed by atoms with Crippen LogP contribution in [0.2, 0.25) is 0 Å². The van der Waals surface area contributed by atoms with Gasteiger partial charge in [0.25, 0.3) is 0 Å². The fraction of sp³-hybridized carbons (Fsp3) is 0.667. The highest BCUT2D eigenvalue weighted by atomic mass is 16.3. The summed E-state index contributed by atoms with van der Waals surface area (Å²) in [5.41, 5.74) is 8.41. The number of nitrogens with zero attached hydrogens (tertiary/aromatic N) is 1. The Morgan fingerprint density at radius 3 is 2.95 bits per heavy atom. The summed E-state index contributed by atoms with van der Waals surface area (Å²) in [6, 6.07) is 8.63. The minimum absolute atomic E-state index is 0.105. The monoisotopic (exact) mass is 288 g/mol. The van der Waals surface area contributed by atoms with Crippen LogP contribution in [0.1, 0.15) is 57.1 Å². The van der Waals surface area contributed by atoms with Gasteiger partial charge in [0.1, 0.15) is 0 Å². The summed E-state index contributed by atoms with van der Waals surface area (Å²) in [5, 5.41) is 10.8. The van der Waals surface area contributed by atoms with Gasteiger partial charge in [-0.2, -0.15) is 0 Å². The van der Waals surface area contributed by atoms with Crippen LogP contribution < -0.4 is 10.6 Å². The van der Waals surface area contributed by atoms with Crippen molar-refractivity contribution in [2.24, 2.45) is 11.7 Å². The van der Waals surface area contributed by atoms with Crippen molar-refractivity contribution in [1.29, 1.82) is 0 Å². The molecule has 2 aliphatic rings. The van der Waals surface area contributed by atoms with Gasteiger partial charge >= 0.3 is 0 Å². The van der Waals surface area contributed by atoms with Crippen molar-refractivity contribution in [2.45, 2.75) is 57.1 Å². The van der Waals surface area contributed by atoms with Crippen LogP contribution in [-0.2, 0) is 0 Å². The molecule has 3 N–H and O–H groups in total. The first-order valence-electron chi connectivity index (χ1n) is 8.46. The molecule has 3 rings (SSSR count). The molecule has 1 aromatic carbocycles. The number of aliphatic hydroxyl groups is 1. The van der Waals surface area contributed by atoms with Crippen molar-refractivity contribution in [3.05, 3.63) is 29.8 Å². The maximum absolute atomic E-state index is 10.8. The molecule has 1 saturated heterocycles. The molecule has 0 bridgehead atoms. The summed E-state index contributed by atoms with van der Waals surface area (Å²) in [6.07, 6.45) is 6.45. The quantitative estimate of drug-likeness (QED) is 0.898. The Bertz CT molecular complexity index is 490. The predicted molar refractivity (Wildman–Crippen MR) is 87.4 cm³/mol. The summed E-state index contributed by atoms with van der Waals surface area (Å²) in [4.78, 5) is 2.45. The number of benzene rings is 1. The molecule has 0 radical (unpaired) electrons. The molecule has 1 heterocycles. The molecular formula is C18H28N2O. The average Bonchev–Trinajstić information content (AvgIpc) is 2.53. The SMILES string of the molecule is CC[C@@H](N)c1ccccc1N1CCC2(O)CCCCC2C1. The minimum atomic E-state index is -0.406. The number of hydrogen-bond acceptors (Lipinski definition) is 3. The molecule has 1 saturated carbocycles. The Morgan fingerprint density at radius 2 is 2.14 bits per heavy atom. The van der Waals surface area contributed by atoms with E-state index in [1.807, 2.05) is 0 Å². The molecule has 3 nitrogen and oxygen atoms in total. The van der Waals surface area contributed by atoms with E-state index in [1.54, 1.807) is 0 Å². The molecule has 3 heteroatoms. The third-order valence-electron chi connectivity index (χ3n) is 5.54. The first kappa shape index (κ1) is 14.9. The zero-order chi connectivity index (χ0) is 14.9. The lowest BCUT2D eigenvalue weighted by atomic mass is 9.71. The van der Waals surface area contributed by atoms with E-state index in [9.17, 15) is 5.11 Å². The smallest absolute Gasteiger partial charge is 0.0709 e. The Hall–Kier alpha value is -1.06. The highest BCUT2D eigenvalue weighted by Crippen LogP contribution is 2.41. The second-order valence-electron chi connectivity index (χ2n) is 6.82. The lowest BCUT2D eigenvalue weighted by Crippen LogP contribution is -2.53. The zero-order valence-electron chi connectivity index (χ0n) is 13.1. The van der Waals surface area contributed by atoms with E-state index < -0.39 is 5.60 Å². The van der Waals surface area contributed by atoms with Gasteiger partial charge in [-0.05, 0) is 37.3 Å². The average molecular weight is 288 g/mol. The van der Waals surface area contributed by atoms with Crippen molar-refractivity contribution < 1.29 is 5.11 Å². The van der Waals surface area contributed by atoms with Gasteiger partial charge in [-0.25, -0.2) is 0 Å². The summed E-state index contributed by atoms with van der Waals surface area (Å²) >= 11 is 0. The van der Waals surface area contributed by atoms with Crippen molar-refractivity contribution in [3.63, 3.8) is 0 Å². The lowest BCUT2D eigenvalue weighted by molar-refractivity contribution is -0.0612. The standard InChI is InChI=1S/C18H28N2O/c1-2-16(19)15-8-3-4-9-17(15)20-12-11-18(21)10-6-5-7-14(18)13-20/h3-4,8-9,14,16,21H,2,5-7,10-13,19H2,1H3/t14?,16-,18?/m1/s1. The van der Waals surface area contributed by atoms with Crippen LogP contribution in [0.25, 0.3) is 0 Å². The number of anilines is 1. The molecular weight excluding hydrogens is 260 g/mol. The molecule has 0 aromatic heterocycles. The van der Waals surface area contributed by atoms with E-state index in [-0.39, 0.29) is 6.04 Å². The molecule has 21 heavy (non-hydrogen) atoms. The molecule has 0 spiro atoms. The minimum Gasteiger partial charge on any atom is -0.389 e. The summed E-state index contributed by atoms with van der Waals surface area (Å²) in [7, 11) is 0. The third kappa shape index (κ3) is 2.82. The molecule has 2 fully saturated rings. The maximum Gasteiger partial charge on any atom is 0.0709 e. The van der Waals surface area contributed by atoms with Gasteiger partial charge in [0, 0.05) is 30.7 Å². The lowest BCUT2D eigenvalue weighted by Gasteiger charge is -2.48. The Balaban J connectivity index is 1.82. The van der Waals surface area contributed by atoms with Gasteiger partial charge in [-0.3, -0.25) is 0 Å². The Morgan fingerprint density at radius 1 is 1.33 bits per heavy atom. The van der Waals surface area contributed by atoms with Crippen molar-refractivity contribution >= 4 is 5.69 Å². The van der Waals surface area contributed by atoms with Crippen molar-refractivity contribution in [2.75, 3.05) is 18.0 Å². The molecule has 2 unspecified atom stereocenters. The second-order valence-corrected chi connectivity index (χ2v) is 6.82. The van der Waals surface area contributed by atoms with E-state index in [1.165, 1.54) is 24.1 Å². The van der Waals surface area contributed by atoms with E-state index in [2.05, 4.69) is 36.1 Å². The Labute approximate surface area is 128 Å².